The molecule has 0 bridgehead atoms. The molecule has 0 radical (unpaired) electrons. The number of esters is 1. The van der Waals surface area contributed by atoms with E-state index in [-0.39, 0.29) is 22.8 Å². The number of anilines is 1. The molecule has 2 saturated heterocycles. The van der Waals surface area contributed by atoms with Gasteiger partial charge in [0.25, 0.3) is 23.6 Å². The number of aryl methyl sites for hydroxylation is 1. The van der Waals surface area contributed by atoms with Gasteiger partial charge in [0, 0.05) is 36.9 Å². The number of hydrogen-bond donors (Lipinski definition) is 3. The molecule has 22 nitrogen and oxygen atoms in total. The number of thiazole rings is 1. The predicted molar refractivity (Wildman–Crippen MR) is 224 cm³/mol. The maximum Gasteiger partial charge on any atom is 0.418 e. The van der Waals surface area contributed by atoms with E-state index in [4.69, 9.17) is 28.3 Å². The zero-order valence-corrected chi connectivity index (χ0v) is 38.8. The van der Waals surface area contributed by atoms with Crippen molar-refractivity contribution in [1.82, 2.24) is 24.7 Å². The van der Waals surface area contributed by atoms with Crippen LogP contribution in [0.3, 0.4) is 0 Å². The summed E-state index contributed by atoms with van der Waals surface area (Å²) in [5.41, 5.74) is -2.77. The van der Waals surface area contributed by atoms with Crippen molar-refractivity contribution in [2.24, 2.45) is 18.1 Å². The number of amides is 4. The topological polar surface area (TPSA) is 259 Å². The molecule has 0 aromatic carbocycles. The lowest BCUT2D eigenvalue weighted by molar-refractivity contribution is -0.652. The summed E-state index contributed by atoms with van der Waals surface area (Å²) >= 11 is 0.895. The molecule has 0 aliphatic carbocycles. The van der Waals surface area contributed by atoms with E-state index in [9.17, 15) is 32.4 Å². The van der Waals surface area contributed by atoms with Crippen molar-refractivity contribution in [3.63, 3.8) is 0 Å². The van der Waals surface area contributed by atoms with Gasteiger partial charge in [-0.1, -0.05) is 5.16 Å². The summed E-state index contributed by atoms with van der Waals surface area (Å²) in [6, 6.07) is 2.13. The van der Waals surface area contributed by atoms with Gasteiger partial charge in [-0.25, -0.2) is 23.9 Å². The Balaban J connectivity index is 1.36. The van der Waals surface area contributed by atoms with Crippen LogP contribution in [0.1, 0.15) is 87.5 Å². The number of fused-ring (bicyclic) bond motifs is 1. The van der Waals surface area contributed by atoms with E-state index in [1.165, 1.54) is 19.2 Å². The Morgan fingerprint density at radius 1 is 1.00 bits per heavy atom. The van der Waals surface area contributed by atoms with Crippen molar-refractivity contribution in [2.45, 2.75) is 117 Å². The molecule has 3 aromatic heterocycles. The van der Waals surface area contributed by atoms with E-state index in [2.05, 4.69) is 25.1 Å². The second kappa shape index (κ2) is 17.9. The van der Waals surface area contributed by atoms with Crippen LogP contribution in [0.5, 0.6) is 5.75 Å². The molecule has 3 N–H and O–H groups in total. The molecule has 0 saturated carbocycles. The van der Waals surface area contributed by atoms with Gasteiger partial charge in [-0.3, -0.25) is 19.5 Å². The highest BCUT2D eigenvalue weighted by atomic mass is 32.3. The Bertz CT molecular complexity index is 2390. The van der Waals surface area contributed by atoms with E-state index in [1.807, 2.05) is 49.0 Å². The third-order valence-corrected chi connectivity index (χ3v) is 10.2. The van der Waals surface area contributed by atoms with Crippen molar-refractivity contribution in [3.05, 3.63) is 41.3 Å². The maximum atomic E-state index is 13.9. The van der Waals surface area contributed by atoms with E-state index >= 15 is 0 Å². The second-order valence-electron chi connectivity index (χ2n) is 18.5. The minimum absolute atomic E-state index is 0.00743. The zero-order valence-electron chi connectivity index (χ0n) is 37.2. The zero-order chi connectivity index (χ0) is 47.0. The number of nitrogens with one attached hydrogen (secondary N) is 2. The predicted octanol–water partition coefficient (Wildman–Crippen LogP) is 3.33. The molecule has 0 spiro atoms. The number of hydrogen-bond acceptors (Lipinski definition) is 16. The van der Waals surface area contributed by atoms with Crippen molar-refractivity contribution in [3.8, 4) is 5.75 Å². The van der Waals surface area contributed by atoms with E-state index in [1.54, 1.807) is 58.7 Å². The molecule has 5 heterocycles. The number of ether oxygens (including phenoxy) is 4. The van der Waals surface area contributed by atoms with Crippen LogP contribution >= 0.6 is 11.3 Å². The van der Waals surface area contributed by atoms with E-state index in [0.717, 1.165) is 22.7 Å². The fourth-order valence-electron chi connectivity index (χ4n) is 6.27. The monoisotopic (exact) mass is 923 g/mol. The number of aromatic nitrogens is 3. The van der Waals surface area contributed by atoms with Gasteiger partial charge in [-0.05, 0) is 82.2 Å². The van der Waals surface area contributed by atoms with Crippen molar-refractivity contribution in [1.29, 1.82) is 0 Å². The van der Waals surface area contributed by atoms with Crippen LogP contribution in [0.2, 0.25) is 0 Å². The summed E-state index contributed by atoms with van der Waals surface area (Å²) in [6.07, 6.45) is 1.60. The highest BCUT2D eigenvalue weighted by Crippen LogP contribution is 2.33. The summed E-state index contributed by atoms with van der Waals surface area (Å²) in [7, 11) is -3.16. The van der Waals surface area contributed by atoms with Crippen LogP contribution < -0.4 is 19.9 Å². The van der Waals surface area contributed by atoms with Crippen molar-refractivity contribution in [2.75, 3.05) is 25.0 Å². The molecule has 5 rings (SSSR count). The third kappa shape index (κ3) is 12.8. The molecule has 24 heteroatoms. The van der Waals surface area contributed by atoms with Gasteiger partial charge in [-0.15, -0.1) is 15.6 Å². The van der Waals surface area contributed by atoms with E-state index in [0.29, 0.717) is 30.3 Å². The van der Waals surface area contributed by atoms with Crippen LogP contribution in [0.15, 0.2) is 35.1 Å². The highest BCUT2D eigenvalue weighted by molar-refractivity contribution is 7.80. The normalized spacial score (nSPS) is 17.6. The maximum absolute atomic E-state index is 13.9. The molecule has 2 aliphatic heterocycles. The van der Waals surface area contributed by atoms with Crippen LogP contribution in [0.4, 0.5) is 14.7 Å². The Kier molecular flexibility index (Phi) is 13.8. The number of rotatable bonds is 14. The first kappa shape index (κ1) is 48.4. The number of nitrogens with zero attached hydrogens (tertiary/aromatic N) is 6. The number of likely N-dealkylation sites (tertiary alicyclic amines) is 1. The molecule has 2 fully saturated rings. The minimum atomic E-state index is -5.08. The summed E-state index contributed by atoms with van der Waals surface area (Å²) < 4.78 is 62.5. The first-order valence-corrected chi connectivity index (χ1v) is 22.0. The smallest absolute Gasteiger partial charge is 0.418 e. The Morgan fingerprint density at radius 3 is 2.22 bits per heavy atom. The molecular weight excluding hydrogens is 869 g/mol. The lowest BCUT2D eigenvalue weighted by Gasteiger charge is -2.50. The van der Waals surface area contributed by atoms with Gasteiger partial charge in [-0.2, -0.15) is 17.9 Å². The fourth-order valence-corrected chi connectivity index (χ4v) is 7.40. The molecule has 346 valence electrons. The third-order valence-electron chi connectivity index (χ3n) is 9.13. The number of oxime groups is 1. The largest absolute Gasteiger partial charge is 0.485 e. The quantitative estimate of drug-likeness (QED) is 0.0399. The standard InChI is InChI=1S/C39H54N8O14S2/c1-36(2,3)57-32(50)26(20-56-24-13-14-27-44(12)23(18-45(27)19-24)15-22-16-46(17-22)35(52)59-38(7,8)9)60-43-28(25-21-62-33(40-25)42-34(51)58-37(4,5)6)30(48)41-29-31(49)47(39(29,10)11)61-63(53,54)55/h13-14,18-19,21-22,26,29H,15-17,20H2,1-12H3,(H2-,40,41,42,48,51,53,54,55)/p+1/b43-28-/t26?,29-/m1/s1. The first-order chi connectivity index (χ1) is 28.9. The van der Waals surface area contributed by atoms with Gasteiger partial charge in [0.2, 0.25) is 0 Å². The number of carbonyl (C=O) groups is 5. The van der Waals surface area contributed by atoms with Gasteiger partial charge >= 0.3 is 28.6 Å². The first-order valence-electron chi connectivity index (χ1n) is 19.7. The molecule has 4 amide bonds. The fraction of sp³-hybridized carbons (Fsp3) is 0.590. The number of hydroxylamine groups is 2. The highest BCUT2D eigenvalue weighted by Gasteiger charge is 2.58. The molecule has 2 aliphatic rings. The number of β-lactam (4-membered cyclic amide) rings is 1. The SMILES string of the molecule is C[n+]1c(CC2CN(C(=O)OC(C)(C)C)C2)cn2cc(OCC(O/N=C(\C(=O)N[C@@H]3C(=O)N(OS(=O)(=O)O)C3(C)C)c3csc(NC(=O)OC(C)(C)C)n3)C(=O)OC(C)(C)C)ccc21. The molecule has 63 heavy (non-hydrogen) atoms. The lowest BCUT2D eigenvalue weighted by Crippen LogP contribution is -2.76. The van der Waals surface area contributed by atoms with Gasteiger partial charge < -0.3 is 34.0 Å². The van der Waals surface area contributed by atoms with Crippen LogP contribution in [-0.2, 0) is 61.6 Å². The van der Waals surface area contributed by atoms with Gasteiger partial charge in [0.15, 0.2) is 16.6 Å². The second-order valence-corrected chi connectivity index (χ2v) is 20.4. The summed E-state index contributed by atoms with van der Waals surface area (Å²) in [6.45, 7) is 18.8. The molecule has 2 atom stereocenters. The van der Waals surface area contributed by atoms with Crippen LogP contribution in [0.25, 0.3) is 5.65 Å². The Labute approximate surface area is 368 Å². The van der Waals surface area contributed by atoms with Crippen molar-refractivity contribution < 1.29 is 69.6 Å². The number of carbonyl (C=O) groups excluding carboxylic acids is 5. The summed E-state index contributed by atoms with van der Waals surface area (Å²) in [4.78, 5) is 76.9. The van der Waals surface area contributed by atoms with Crippen LogP contribution in [0, 0.1) is 5.92 Å². The minimum Gasteiger partial charge on any atom is -0.485 e. The molecule has 1 unspecified atom stereocenters. The molecular formula is C39H55N8O14S2+. The summed E-state index contributed by atoms with van der Waals surface area (Å²) in [5.74, 6) is -2.41. The van der Waals surface area contributed by atoms with Gasteiger partial charge in [0.05, 0.1) is 12.6 Å². The Hall–Kier alpha value is -5.59. The molecule has 3 aromatic rings. The average molecular weight is 924 g/mol. The van der Waals surface area contributed by atoms with Gasteiger partial charge in [0.1, 0.15) is 53.2 Å². The average Bonchev–Trinajstić information content (AvgIpc) is 3.68. The summed E-state index contributed by atoms with van der Waals surface area (Å²) in [5, 5.41) is 10.6. The number of imidazole rings is 1. The van der Waals surface area contributed by atoms with Crippen molar-refractivity contribution >= 4 is 68.2 Å². The lowest BCUT2D eigenvalue weighted by atomic mass is 9.84. The van der Waals surface area contributed by atoms with E-state index < -0.39 is 81.1 Å². The van der Waals surface area contributed by atoms with Crippen LogP contribution in [-0.4, -0.2) is 122 Å². The Morgan fingerprint density at radius 2 is 1.63 bits per heavy atom. The number of pyridine rings is 1.